The molecule has 0 saturated heterocycles. The average Bonchev–Trinajstić information content (AvgIpc) is 3.02. The predicted molar refractivity (Wildman–Crippen MR) is 124 cm³/mol. The van der Waals surface area contributed by atoms with Crippen LogP contribution in [0.3, 0.4) is 0 Å². The van der Waals surface area contributed by atoms with Crippen molar-refractivity contribution < 1.29 is 9.90 Å². The van der Waals surface area contributed by atoms with Crippen LogP contribution < -0.4 is 0 Å². The number of hydrogen-bond donors (Lipinski definition) is 1. The molecular weight excluding hydrogens is 368 g/mol. The monoisotopic (exact) mass is 416 g/mol. The molecular formula is C28H48O2. The van der Waals surface area contributed by atoms with Gasteiger partial charge in [-0.2, -0.15) is 0 Å². The summed E-state index contributed by atoms with van der Waals surface area (Å²) in [7, 11) is 0. The number of carbonyl (C=O) groups excluding carboxylic acids is 1. The van der Waals surface area contributed by atoms with Crippen molar-refractivity contribution in [1.29, 1.82) is 0 Å². The lowest BCUT2D eigenvalue weighted by Gasteiger charge is -2.60. The molecule has 0 aromatic rings. The second kappa shape index (κ2) is 8.20. The van der Waals surface area contributed by atoms with Crippen LogP contribution in [0.1, 0.15) is 106 Å². The Kier molecular flexibility index (Phi) is 6.23. The van der Waals surface area contributed by atoms with E-state index in [1.54, 1.807) is 0 Å². The van der Waals surface area contributed by atoms with E-state index in [0.717, 1.165) is 55.3 Å². The van der Waals surface area contributed by atoms with Crippen LogP contribution in [0.15, 0.2) is 0 Å². The minimum Gasteiger partial charge on any atom is -0.393 e. The van der Waals surface area contributed by atoms with Crippen LogP contribution in [-0.2, 0) is 4.79 Å². The Bertz CT molecular complexity index is 641. The Morgan fingerprint density at radius 2 is 1.63 bits per heavy atom. The number of hydrogen-bond acceptors (Lipinski definition) is 2. The fourth-order valence-corrected chi connectivity index (χ4v) is 9.18. The number of rotatable bonds is 5. The van der Waals surface area contributed by atoms with Crippen molar-refractivity contribution >= 4 is 5.78 Å². The molecule has 0 aromatic carbocycles. The molecule has 4 aliphatic carbocycles. The standard InChI is InChI=1S/C28H48O2/c1-17(2)18(3)7-8-19(4)22-11-12-23-21-15-26(30)25-10-9-20(29)16-28(25,6)24(21)13-14-27(22,23)5/h17-25,29H,7-16H2,1-6H3/t18-,19-,20+,21+,22-,23+,24+,25-,27-,28-/m1/s1. The highest BCUT2D eigenvalue weighted by atomic mass is 16.3. The molecule has 0 aromatic heterocycles. The first kappa shape index (κ1) is 22.8. The van der Waals surface area contributed by atoms with Crippen LogP contribution in [0.5, 0.6) is 0 Å². The van der Waals surface area contributed by atoms with Gasteiger partial charge in [-0.1, -0.05) is 54.4 Å². The summed E-state index contributed by atoms with van der Waals surface area (Å²) in [4.78, 5) is 13.3. The molecule has 0 radical (unpaired) electrons. The highest BCUT2D eigenvalue weighted by Crippen LogP contribution is 2.67. The third-order valence-corrected chi connectivity index (χ3v) is 11.3. The highest BCUT2D eigenvalue weighted by Gasteiger charge is 2.62. The topological polar surface area (TPSA) is 37.3 Å². The lowest BCUT2D eigenvalue weighted by atomic mass is 9.44. The first-order valence-corrected chi connectivity index (χ1v) is 13.3. The fourth-order valence-electron chi connectivity index (χ4n) is 9.18. The van der Waals surface area contributed by atoms with E-state index < -0.39 is 0 Å². The number of aliphatic hydroxyl groups excluding tert-OH is 1. The van der Waals surface area contributed by atoms with Gasteiger partial charge in [0.1, 0.15) is 5.78 Å². The van der Waals surface area contributed by atoms with E-state index in [-0.39, 0.29) is 17.4 Å². The fraction of sp³-hybridized carbons (Fsp3) is 0.964. The zero-order valence-corrected chi connectivity index (χ0v) is 20.6. The minimum atomic E-state index is -0.189. The highest BCUT2D eigenvalue weighted by molar-refractivity contribution is 5.83. The second-order valence-electron chi connectivity index (χ2n) is 13.0. The Hall–Kier alpha value is -0.370. The number of ketones is 1. The first-order valence-electron chi connectivity index (χ1n) is 13.3. The zero-order valence-electron chi connectivity index (χ0n) is 20.6. The van der Waals surface area contributed by atoms with Gasteiger partial charge in [-0.25, -0.2) is 0 Å². The van der Waals surface area contributed by atoms with Gasteiger partial charge in [0, 0.05) is 12.3 Å². The molecule has 10 atom stereocenters. The van der Waals surface area contributed by atoms with Crippen molar-refractivity contribution in [2.45, 2.75) is 112 Å². The smallest absolute Gasteiger partial charge is 0.136 e. The van der Waals surface area contributed by atoms with Gasteiger partial charge < -0.3 is 5.11 Å². The summed E-state index contributed by atoms with van der Waals surface area (Å²) in [5.74, 6) is 5.96. The molecule has 2 heteroatoms. The van der Waals surface area contributed by atoms with Crippen molar-refractivity contribution in [3.05, 3.63) is 0 Å². The van der Waals surface area contributed by atoms with E-state index in [0.29, 0.717) is 23.0 Å². The Morgan fingerprint density at radius 1 is 0.933 bits per heavy atom. The molecule has 4 fully saturated rings. The number of aliphatic hydroxyl groups is 1. The van der Waals surface area contributed by atoms with E-state index in [1.165, 1.54) is 38.5 Å². The zero-order chi connectivity index (χ0) is 21.8. The summed E-state index contributed by atoms with van der Waals surface area (Å²) < 4.78 is 0. The van der Waals surface area contributed by atoms with Gasteiger partial charge in [0.05, 0.1) is 6.10 Å². The van der Waals surface area contributed by atoms with Crippen LogP contribution in [0.25, 0.3) is 0 Å². The molecule has 0 bridgehead atoms. The molecule has 0 spiro atoms. The van der Waals surface area contributed by atoms with Crippen molar-refractivity contribution in [1.82, 2.24) is 0 Å². The number of fused-ring (bicyclic) bond motifs is 5. The van der Waals surface area contributed by atoms with Gasteiger partial charge in [-0.3, -0.25) is 4.79 Å². The van der Waals surface area contributed by atoms with Gasteiger partial charge in [-0.15, -0.1) is 0 Å². The lowest BCUT2D eigenvalue weighted by Crippen LogP contribution is -2.57. The SMILES string of the molecule is CC(C)[C@H](C)CC[C@@H](C)[C@H]1CC[C@H]2[C@@H]3CC(=O)[C@H]4CC[C@H](O)C[C@]4(C)[C@H]3CC[C@]12C. The van der Waals surface area contributed by atoms with Crippen molar-refractivity contribution in [3.63, 3.8) is 0 Å². The third kappa shape index (κ3) is 3.61. The van der Waals surface area contributed by atoms with E-state index in [4.69, 9.17) is 0 Å². The molecule has 0 amide bonds. The molecule has 1 N–H and O–H groups in total. The summed E-state index contributed by atoms with van der Waals surface area (Å²) >= 11 is 0. The molecule has 4 saturated carbocycles. The molecule has 0 heterocycles. The van der Waals surface area contributed by atoms with Crippen LogP contribution in [0.2, 0.25) is 0 Å². The van der Waals surface area contributed by atoms with E-state index in [2.05, 4.69) is 41.5 Å². The van der Waals surface area contributed by atoms with Crippen LogP contribution >= 0.6 is 0 Å². The quantitative estimate of drug-likeness (QED) is 0.529. The van der Waals surface area contributed by atoms with Crippen LogP contribution in [0, 0.1) is 58.2 Å². The van der Waals surface area contributed by atoms with Crippen molar-refractivity contribution in [2.75, 3.05) is 0 Å². The average molecular weight is 417 g/mol. The molecule has 172 valence electrons. The number of carbonyl (C=O) groups is 1. The van der Waals surface area contributed by atoms with Gasteiger partial charge >= 0.3 is 0 Å². The normalized spacial score (nSPS) is 48.1. The molecule has 2 nitrogen and oxygen atoms in total. The molecule has 30 heavy (non-hydrogen) atoms. The van der Waals surface area contributed by atoms with Crippen LogP contribution in [0.4, 0.5) is 0 Å². The minimum absolute atomic E-state index is 0.0510. The van der Waals surface area contributed by atoms with Gasteiger partial charge in [-0.05, 0) is 97.2 Å². The summed E-state index contributed by atoms with van der Waals surface area (Å²) in [6, 6.07) is 0. The van der Waals surface area contributed by atoms with Crippen molar-refractivity contribution in [2.24, 2.45) is 58.2 Å². The molecule has 4 rings (SSSR count). The van der Waals surface area contributed by atoms with Gasteiger partial charge in [0.2, 0.25) is 0 Å². The molecule has 4 aliphatic rings. The lowest BCUT2D eigenvalue weighted by molar-refractivity contribution is -0.160. The Balaban J connectivity index is 1.51. The van der Waals surface area contributed by atoms with Crippen LogP contribution in [-0.4, -0.2) is 17.0 Å². The molecule has 0 aliphatic heterocycles. The van der Waals surface area contributed by atoms with Gasteiger partial charge in [0.25, 0.3) is 0 Å². The molecule has 0 unspecified atom stereocenters. The van der Waals surface area contributed by atoms with E-state index in [9.17, 15) is 9.90 Å². The maximum absolute atomic E-state index is 13.3. The van der Waals surface area contributed by atoms with Gasteiger partial charge in [0.15, 0.2) is 0 Å². The largest absolute Gasteiger partial charge is 0.393 e. The summed E-state index contributed by atoms with van der Waals surface area (Å²) in [6.45, 7) is 14.6. The second-order valence-corrected chi connectivity index (χ2v) is 13.0. The van der Waals surface area contributed by atoms with Crippen molar-refractivity contribution in [3.8, 4) is 0 Å². The summed E-state index contributed by atoms with van der Waals surface area (Å²) in [6.07, 6.45) is 11.3. The Labute approximate surface area is 186 Å². The Morgan fingerprint density at radius 3 is 2.33 bits per heavy atom. The van der Waals surface area contributed by atoms with E-state index in [1.807, 2.05) is 0 Å². The summed E-state index contributed by atoms with van der Waals surface area (Å²) in [5, 5.41) is 10.5. The third-order valence-electron chi connectivity index (χ3n) is 11.3. The number of Topliss-reactive ketones (excluding diaryl/α,β-unsaturated/α-hetero) is 1. The first-order chi connectivity index (χ1) is 14.1. The maximum atomic E-state index is 13.3. The maximum Gasteiger partial charge on any atom is 0.136 e. The predicted octanol–water partition coefficient (Wildman–Crippen LogP) is 6.89. The summed E-state index contributed by atoms with van der Waals surface area (Å²) in [5.41, 5.74) is 0.480. The van der Waals surface area contributed by atoms with E-state index >= 15 is 0 Å².